The number of carboxylic acid groups (broad SMARTS) is 1. The highest BCUT2D eigenvalue weighted by atomic mass is 35.5. The van der Waals surface area contributed by atoms with Crippen LogP contribution in [-0.2, 0) is 10.3 Å². The van der Waals surface area contributed by atoms with E-state index >= 15 is 0 Å². The first-order chi connectivity index (χ1) is 17.5. The normalized spacial score (nSPS) is 17.2. The van der Waals surface area contributed by atoms with Crippen LogP contribution in [0.4, 0.5) is 5.69 Å². The molecule has 1 N–H and O–H groups in total. The standard InChI is InChI=1S/C28H26ClN3O4/c29-21-5-10-24-25(18-21)31(23-8-6-22(7-9-23)30-13-2-15-36-16-14-30)27(35)32(24)28(11-12-28)20-4-1-3-19(17-20)26(33)34/h1,3-10,17-18H,2,11-16H2,(H,33,34). The van der Waals surface area contributed by atoms with Gasteiger partial charge in [0, 0.05) is 30.4 Å². The van der Waals surface area contributed by atoms with Crippen molar-refractivity contribution < 1.29 is 14.6 Å². The maximum atomic E-state index is 14.1. The molecule has 2 fully saturated rings. The zero-order chi connectivity index (χ0) is 24.9. The van der Waals surface area contributed by atoms with Crippen LogP contribution >= 0.6 is 11.6 Å². The third kappa shape index (κ3) is 3.79. The monoisotopic (exact) mass is 503 g/mol. The van der Waals surface area contributed by atoms with Gasteiger partial charge in [-0.25, -0.2) is 9.59 Å². The lowest BCUT2D eigenvalue weighted by molar-refractivity contribution is 0.0696. The molecule has 2 heterocycles. The molecule has 1 saturated carbocycles. The van der Waals surface area contributed by atoms with E-state index in [2.05, 4.69) is 4.90 Å². The number of fused-ring (bicyclic) bond motifs is 1. The first-order valence-electron chi connectivity index (χ1n) is 12.2. The van der Waals surface area contributed by atoms with E-state index in [1.54, 1.807) is 28.8 Å². The number of halogens is 1. The van der Waals surface area contributed by atoms with Crippen LogP contribution in [0.5, 0.6) is 0 Å². The number of anilines is 1. The van der Waals surface area contributed by atoms with Crippen LogP contribution in [0.3, 0.4) is 0 Å². The summed E-state index contributed by atoms with van der Waals surface area (Å²) in [6.07, 6.45) is 2.50. The predicted octanol–water partition coefficient (Wildman–Crippen LogP) is 4.91. The summed E-state index contributed by atoms with van der Waals surface area (Å²) in [5, 5.41) is 10.1. The van der Waals surface area contributed by atoms with E-state index in [-0.39, 0.29) is 11.3 Å². The average molecular weight is 504 g/mol. The van der Waals surface area contributed by atoms with Crippen molar-refractivity contribution in [3.63, 3.8) is 0 Å². The molecule has 0 atom stereocenters. The Bertz CT molecular complexity index is 1510. The van der Waals surface area contributed by atoms with Crippen LogP contribution in [0.25, 0.3) is 16.7 Å². The molecular weight excluding hydrogens is 478 g/mol. The summed E-state index contributed by atoms with van der Waals surface area (Å²) in [6, 6.07) is 20.4. The lowest BCUT2D eigenvalue weighted by atomic mass is 10.0. The molecular formula is C28H26ClN3O4. The summed E-state index contributed by atoms with van der Waals surface area (Å²) in [7, 11) is 0. The molecule has 1 aliphatic heterocycles. The third-order valence-electron chi connectivity index (χ3n) is 7.30. The predicted molar refractivity (Wildman–Crippen MR) is 140 cm³/mol. The Morgan fingerprint density at radius 3 is 2.44 bits per heavy atom. The second-order valence-electron chi connectivity index (χ2n) is 9.47. The number of hydrogen-bond donors (Lipinski definition) is 1. The lowest BCUT2D eigenvalue weighted by Gasteiger charge is -2.22. The van der Waals surface area contributed by atoms with Gasteiger partial charge >= 0.3 is 11.7 Å². The highest BCUT2D eigenvalue weighted by molar-refractivity contribution is 6.31. The maximum Gasteiger partial charge on any atom is 0.335 e. The third-order valence-corrected chi connectivity index (χ3v) is 7.53. The molecule has 2 aliphatic rings. The van der Waals surface area contributed by atoms with E-state index in [0.717, 1.165) is 66.9 Å². The van der Waals surface area contributed by atoms with Gasteiger partial charge in [-0.1, -0.05) is 23.7 Å². The highest BCUT2D eigenvalue weighted by Crippen LogP contribution is 2.50. The van der Waals surface area contributed by atoms with Crippen molar-refractivity contribution in [2.75, 3.05) is 31.2 Å². The summed E-state index contributed by atoms with van der Waals surface area (Å²) in [5.41, 5.74) is 3.66. The topological polar surface area (TPSA) is 76.7 Å². The molecule has 0 radical (unpaired) electrons. The molecule has 0 bridgehead atoms. The molecule has 0 spiro atoms. The van der Waals surface area contributed by atoms with Crippen molar-refractivity contribution >= 4 is 34.3 Å². The van der Waals surface area contributed by atoms with Crippen molar-refractivity contribution in [2.24, 2.45) is 0 Å². The van der Waals surface area contributed by atoms with Gasteiger partial charge in [-0.15, -0.1) is 0 Å². The quantitative estimate of drug-likeness (QED) is 0.419. The minimum absolute atomic E-state index is 0.165. The number of carboxylic acids is 1. The second-order valence-corrected chi connectivity index (χ2v) is 9.91. The Morgan fingerprint density at radius 2 is 1.69 bits per heavy atom. The van der Waals surface area contributed by atoms with Gasteiger partial charge in [-0.3, -0.25) is 9.13 Å². The molecule has 1 aliphatic carbocycles. The molecule has 8 heteroatoms. The van der Waals surface area contributed by atoms with Crippen LogP contribution in [0, 0.1) is 0 Å². The molecule has 36 heavy (non-hydrogen) atoms. The van der Waals surface area contributed by atoms with E-state index in [0.29, 0.717) is 11.6 Å². The van der Waals surface area contributed by atoms with Gasteiger partial charge in [0.15, 0.2) is 0 Å². The summed E-state index contributed by atoms with van der Waals surface area (Å²) in [5.74, 6) is -0.981. The molecule has 7 nitrogen and oxygen atoms in total. The number of benzene rings is 3. The molecule has 6 rings (SSSR count). The zero-order valence-corrected chi connectivity index (χ0v) is 20.4. The van der Waals surface area contributed by atoms with Crippen LogP contribution in [0.15, 0.2) is 71.5 Å². The number of ether oxygens (including phenoxy) is 1. The van der Waals surface area contributed by atoms with Gasteiger partial charge in [-0.2, -0.15) is 0 Å². The Hall–Kier alpha value is -3.55. The first kappa shape index (κ1) is 22.9. The smallest absolute Gasteiger partial charge is 0.335 e. The van der Waals surface area contributed by atoms with Crippen LogP contribution < -0.4 is 10.6 Å². The molecule has 3 aromatic carbocycles. The zero-order valence-electron chi connectivity index (χ0n) is 19.7. The van der Waals surface area contributed by atoms with E-state index in [1.165, 1.54) is 0 Å². The summed E-state index contributed by atoms with van der Waals surface area (Å²) in [6.45, 7) is 3.26. The second kappa shape index (κ2) is 8.84. The summed E-state index contributed by atoms with van der Waals surface area (Å²) < 4.78 is 9.10. The van der Waals surface area contributed by atoms with E-state index in [4.69, 9.17) is 16.3 Å². The Balaban J connectivity index is 1.48. The van der Waals surface area contributed by atoms with Gasteiger partial charge in [0.1, 0.15) is 0 Å². The Kier molecular flexibility index (Phi) is 5.62. The molecule has 1 aromatic heterocycles. The number of rotatable bonds is 5. The number of carbonyl (C=O) groups is 1. The number of aromatic nitrogens is 2. The van der Waals surface area contributed by atoms with Crippen molar-refractivity contribution in [3.05, 3.63) is 93.4 Å². The Morgan fingerprint density at radius 1 is 0.917 bits per heavy atom. The first-order valence-corrected chi connectivity index (χ1v) is 12.6. The molecule has 0 amide bonds. The minimum atomic E-state index is -0.981. The highest BCUT2D eigenvalue weighted by Gasteiger charge is 2.49. The SMILES string of the molecule is O=C(O)c1cccc(C2(n3c(=O)n(-c4ccc(N5CCCOCC5)cc4)c4cc(Cl)ccc43)CC2)c1. The van der Waals surface area contributed by atoms with Crippen LogP contribution in [0.2, 0.25) is 5.02 Å². The molecule has 0 unspecified atom stereocenters. The Labute approximate surface area is 213 Å². The van der Waals surface area contributed by atoms with Gasteiger partial charge in [0.05, 0.1) is 34.4 Å². The van der Waals surface area contributed by atoms with Crippen molar-refractivity contribution in [1.82, 2.24) is 9.13 Å². The van der Waals surface area contributed by atoms with Gasteiger partial charge in [0.25, 0.3) is 0 Å². The lowest BCUT2D eigenvalue weighted by Crippen LogP contribution is -2.32. The summed E-state index contributed by atoms with van der Waals surface area (Å²) in [4.78, 5) is 28.0. The average Bonchev–Trinajstić information content (AvgIpc) is 3.68. The van der Waals surface area contributed by atoms with E-state index in [1.807, 2.05) is 47.0 Å². The number of hydrogen-bond acceptors (Lipinski definition) is 4. The molecule has 1 saturated heterocycles. The molecule has 184 valence electrons. The fourth-order valence-corrected chi connectivity index (χ4v) is 5.52. The van der Waals surface area contributed by atoms with Gasteiger partial charge in [0.2, 0.25) is 0 Å². The van der Waals surface area contributed by atoms with Crippen molar-refractivity contribution in [1.29, 1.82) is 0 Å². The number of nitrogens with zero attached hydrogens (tertiary/aromatic N) is 3. The van der Waals surface area contributed by atoms with Gasteiger partial charge < -0.3 is 14.7 Å². The van der Waals surface area contributed by atoms with E-state index in [9.17, 15) is 14.7 Å². The fraction of sp³-hybridized carbons (Fsp3) is 0.286. The minimum Gasteiger partial charge on any atom is -0.478 e. The number of imidazole rings is 1. The van der Waals surface area contributed by atoms with Gasteiger partial charge in [-0.05, 0) is 79.4 Å². The summed E-state index contributed by atoms with van der Waals surface area (Å²) >= 11 is 6.38. The van der Waals surface area contributed by atoms with Crippen LogP contribution in [-0.4, -0.2) is 46.5 Å². The van der Waals surface area contributed by atoms with Crippen molar-refractivity contribution in [3.8, 4) is 5.69 Å². The maximum absolute atomic E-state index is 14.1. The fourth-order valence-electron chi connectivity index (χ4n) is 5.35. The van der Waals surface area contributed by atoms with Crippen LogP contribution in [0.1, 0.15) is 35.2 Å². The molecule has 4 aromatic rings. The number of aromatic carboxylic acids is 1. The van der Waals surface area contributed by atoms with E-state index < -0.39 is 11.5 Å². The van der Waals surface area contributed by atoms with Crippen molar-refractivity contribution in [2.45, 2.75) is 24.8 Å². The largest absolute Gasteiger partial charge is 0.478 e.